The summed E-state index contributed by atoms with van der Waals surface area (Å²) in [5.74, 6) is -0.497. The highest BCUT2D eigenvalue weighted by Crippen LogP contribution is 2.30. The molecule has 1 aromatic carbocycles. The van der Waals surface area contributed by atoms with E-state index in [4.69, 9.17) is 22.1 Å². The van der Waals surface area contributed by atoms with E-state index in [9.17, 15) is 4.79 Å². The Labute approximate surface area is 121 Å². The molecule has 0 amide bonds. The van der Waals surface area contributed by atoms with E-state index in [2.05, 4.69) is 10.4 Å². The minimum Gasteiger partial charge on any atom is -0.465 e. The standard InChI is InChI=1S/C13H15ClN4O2/c1-18-4-3-9(17-18)7-16-12-10(13(19)20-2)5-8(15)6-11(12)14/h3-6,16H,7,15H2,1-2H3. The summed E-state index contributed by atoms with van der Waals surface area (Å²) in [5.41, 5.74) is 7.71. The summed E-state index contributed by atoms with van der Waals surface area (Å²) in [4.78, 5) is 11.8. The molecule has 0 saturated heterocycles. The Morgan fingerprint density at radius 2 is 2.30 bits per heavy atom. The van der Waals surface area contributed by atoms with E-state index >= 15 is 0 Å². The number of hydrogen-bond donors (Lipinski definition) is 2. The first-order valence-electron chi connectivity index (χ1n) is 5.91. The average molecular weight is 295 g/mol. The highest BCUT2D eigenvalue weighted by atomic mass is 35.5. The molecule has 0 radical (unpaired) electrons. The van der Waals surface area contributed by atoms with E-state index < -0.39 is 5.97 Å². The summed E-state index contributed by atoms with van der Waals surface area (Å²) < 4.78 is 6.43. The van der Waals surface area contributed by atoms with Gasteiger partial charge in [0.05, 0.1) is 35.6 Å². The van der Waals surface area contributed by atoms with Crippen molar-refractivity contribution in [1.29, 1.82) is 0 Å². The molecule has 6 nitrogen and oxygen atoms in total. The minimum absolute atomic E-state index is 0.299. The van der Waals surface area contributed by atoms with Crippen molar-refractivity contribution in [2.24, 2.45) is 7.05 Å². The average Bonchev–Trinajstić information content (AvgIpc) is 2.81. The zero-order valence-corrected chi connectivity index (χ0v) is 11.9. The molecule has 0 bridgehead atoms. The zero-order chi connectivity index (χ0) is 14.7. The monoisotopic (exact) mass is 294 g/mol. The van der Waals surface area contributed by atoms with Crippen molar-refractivity contribution in [3.8, 4) is 0 Å². The Morgan fingerprint density at radius 1 is 1.55 bits per heavy atom. The van der Waals surface area contributed by atoms with E-state index in [1.165, 1.54) is 13.2 Å². The number of ether oxygens (including phenoxy) is 1. The van der Waals surface area contributed by atoms with Crippen molar-refractivity contribution in [3.05, 3.63) is 40.7 Å². The van der Waals surface area contributed by atoms with Gasteiger partial charge in [-0.05, 0) is 18.2 Å². The second kappa shape index (κ2) is 5.83. The van der Waals surface area contributed by atoms with Crippen molar-refractivity contribution >= 4 is 28.9 Å². The first kappa shape index (κ1) is 14.2. The van der Waals surface area contributed by atoms with Crippen LogP contribution < -0.4 is 11.1 Å². The molecule has 0 aliphatic heterocycles. The van der Waals surface area contributed by atoms with Crippen LogP contribution in [-0.4, -0.2) is 22.9 Å². The van der Waals surface area contributed by atoms with Crippen LogP contribution in [0.25, 0.3) is 0 Å². The van der Waals surface area contributed by atoms with Gasteiger partial charge in [-0.2, -0.15) is 5.10 Å². The number of nitrogens with two attached hydrogens (primary N) is 1. The fraction of sp³-hybridized carbons (Fsp3) is 0.231. The number of carbonyl (C=O) groups is 1. The second-order valence-electron chi connectivity index (χ2n) is 4.25. The molecular formula is C13H15ClN4O2. The molecule has 0 fully saturated rings. The van der Waals surface area contributed by atoms with E-state index in [0.29, 0.717) is 28.5 Å². The Morgan fingerprint density at radius 3 is 2.90 bits per heavy atom. The van der Waals surface area contributed by atoms with Gasteiger partial charge in [0.15, 0.2) is 0 Å². The Kier molecular flexibility index (Phi) is 4.14. The summed E-state index contributed by atoms with van der Waals surface area (Å²) in [5, 5.41) is 7.69. The maximum absolute atomic E-state index is 11.8. The number of rotatable bonds is 4. The minimum atomic E-state index is -0.497. The second-order valence-corrected chi connectivity index (χ2v) is 4.66. The van der Waals surface area contributed by atoms with Crippen LogP contribution in [0, 0.1) is 0 Å². The number of halogens is 1. The van der Waals surface area contributed by atoms with E-state index in [-0.39, 0.29) is 0 Å². The van der Waals surface area contributed by atoms with Gasteiger partial charge in [0, 0.05) is 18.9 Å². The lowest BCUT2D eigenvalue weighted by Gasteiger charge is -2.12. The summed E-state index contributed by atoms with van der Waals surface area (Å²) in [6.07, 6.45) is 1.84. The number of aromatic nitrogens is 2. The van der Waals surface area contributed by atoms with Crippen molar-refractivity contribution in [3.63, 3.8) is 0 Å². The molecule has 0 aliphatic carbocycles. The van der Waals surface area contributed by atoms with E-state index in [1.807, 2.05) is 19.3 Å². The molecule has 106 valence electrons. The Hall–Kier alpha value is -2.21. The lowest BCUT2D eigenvalue weighted by molar-refractivity contribution is 0.0602. The smallest absolute Gasteiger partial charge is 0.340 e. The molecule has 0 spiro atoms. The van der Waals surface area contributed by atoms with Crippen molar-refractivity contribution in [2.45, 2.75) is 6.54 Å². The Balaban J connectivity index is 2.27. The number of benzene rings is 1. The van der Waals surface area contributed by atoms with Gasteiger partial charge in [0.2, 0.25) is 0 Å². The molecule has 3 N–H and O–H groups in total. The fourth-order valence-electron chi connectivity index (χ4n) is 1.81. The summed E-state index contributed by atoms with van der Waals surface area (Å²) in [6.45, 7) is 0.439. The number of hydrogen-bond acceptors (Lipinski definition) is 5. The molecule has 0 saturated carbocycles. The van der Waals surface area contributed by atoms with Crippen LogP contribution in [0.1, 0.15) is 16.1 Å². The van der Waals surface area contributed by atoms with Crippen molar-refractivity contribution in [2.75, 3.05) is 18.2 Å². The SMILES string of the molecule is COC(=O)c1cc(N)cc(Cl)c1NCc1ccn(C)n1. The van der Waals surface area contributed by atoms with Gasteiger partial charge in [-0.1, -0.05) is 11.6 Å². The molecule has 0 aliphatic rings. The predicted molar refractivity (Wildman–Crippen MR) is 77.7 cm³/mol. The Bertz CT molecular complexity index is 639. The van der Waals surface area contributed by atoms with Crippen LogP contribution in [0.15, 0.2) is 24.4 Å². The normalized spacial score (nSPS) is 10.3. The molecule has 7 heteroatoms. The lowest BCUT2D eigenvalue weighted by atomic mass is 10.1. The van der Waals surface area contributed by atoms with Gasteiger partial charge in [0.1, 0.15) is 0 Å². The molecule has 1 heterocycles. The van der Waals surface area contributed by atoms with Gasteiger partial charge in [-0.3, -0.25) is 4.68 Å². The van der Waals surface area contributed by atoms with Crippen LogP contribution in [0.3, 0.4) is 0 Å². The highest BCUT2D eigenvalue weighted by Gasteiger charge is 2.16. The van der Waals surface area contributed by atoms with Crippen LogP contribution >= 0.6 is 11.6 Å². The van der Waals surface area contributed by atoms with Crippen LogP contribution in [0.2, 0.25) is 5.02 Å². The molecule has 20 heavy (non-hydrogen) atoms. The highest BCUT2D eigenvalue weighted by molar-refractivity contribution is 6.34. The predicted octanol–water partition coefficient (Wildman–Crippen LogP) is 2.05. The lowest BCUT2D eigenvalue weighted by Crippen LogP contribution is -2.10. The van der Waals surface area contributed by atoms with Crippen LogP contribution in [0.5, 0.6) is 0 Å². The summed E-state index contributed by atoms with van der Waals surface area (Å²) >= 11 is 6.13. The maximum atomic E-state index is 11.8. The molecule has 2 aromatic rings. The fourth-order valence-corrected chi connectivity index (χ4v) is 2.11. The first-order valence-corrected chi connectivity index (χ1v) is 6.28. The third-order valence-electron chi connectivity index (χ3n) is 2.73. The van der Waals surface area contributed by atoms with Gasteiger partial charge < -0.3 is 15.8 Å². The quantitative estimate of drug-likeness (QED) is 0.666. The van der Waals surface area contributed by atoms with E-state index in [1.54, 1.807) is 10.7 Å². The number of methoxy groups -OCH3 is 1. The first-order chi connectivity index (χ1) is 9.51. The van der Waals surface area contributed by atoms with Crippen LogP contribution in [-0.2, 0) is 18.3 Å². The molecule has 2 rings (SSSR count). The number of aryl methyl sites for hydroxylation is 1. The van der Waals surface area contributed by atoms with Gasteiger partial charge in [0.25, 0.3) is 0 Å². The van der Waals surface area contributed by atoms with Crippen LogP contribution in [0.4, 0.5) is 11.4 Å². The largest absolute Gasteiger partial charge is 0.465 e. The molecular weight excluding hydrogens is 280 g/mol. The van der Waals surface area contributed by atoms with Gasteiger partial charge in [-0.25, -0.2) is 4.79 Å². The van der Waals surface area contributed by atoms with Gasteiger partial charge >= 0.3 is 5.97 Å². The molecule has 1 aromatic heterocycles. The zero-order valence-electron chi connectivity index (χ0n) is 11.2. The summed E-state index contributed by atoms with van der Waals surface area (Å²) in [7, 11) is 3.14. The number of nitrogen functional groups attached to an aromatic ring is 1. The number of nitrogens with one attached hydrogen (secondary N) is 1. The molecule has 0 unspecified atom stereocenters. The third-order valence-corrected chi connectivity index (χ3v) is 3.03. The number of esters is 1. The molecule has 0 atom stereocenters. The third kappa shape index (κ3) is 3.03. The van der Waals surface area contributed by atoms with Gasteiger partial charge in [-0.15, -0.1) is 0 Å². The van der Waals surface area contributed by atoms with E-state index in [0.717, 1.165) is 5.69 Å². The summed E-state index contributed by atoms with van der Waals surface area (Å²) in [6, 6.07) is 4.98. The number of nitrogens with zero attached hydrogens (tertiary/aromatic N) is 2. The number of carbonyl (C=O) groups excluding carboxylic acids is 1. The number of anilines is 2. The van der Waals surface area contributed by atoms with Crippen molar-refractivity contribution in [1.82, 2.24) is 9.78 Å². The topological polar surface area (TPSA) is 82.2 Å². The van der Waals surface area contributed by atoms with Crippen molar-refractivity contribution < 1.29 is 9.53 Å². The maximum Gasteiger partial charge on any atom is 0.340 e.